The molecule has 1 aliphatic heterocycles. The predicted octanol–water partition coefficient (Wildman–Crippen LogP) is 3.27. The topological polar surface area (TPSA) is 60.5 Å². The highest BCUT2D eigenvalue weighted by molar-refractivity contribution is 5.97. The van der Waals surface area contributed by atoms with Crippen LogP contribution in [0.25, 0.3) is 0 Å². The number of methoxy groups -OCH3 is 3. The second kappa shape index (κ2) is 10.3. The first kappa shape index (κ1) is 22.6. The van der Waals surface area contributed by atoms with Crippen molar-refractivity contribution in [3.8, 4) is 23.0 Å². The summed E-state index contributed by atoms with van der Waals surface area (Å²) < 4.78 is 46.1. The maximum atomic E-state index is 12.9. The smallest absolute Gasteiger partial charge is 0.387 e. The Hall–Kier alpha value is -3.07. The molecule has 1 fully saturated rings. The zero-order valence-electron chi connectivity index (χ0n) is 17.8. The van der Waals surface area contributed by atoms with Crippen LogP contribution in [0.15, 0.2) is 36.4 Å². The lowest BCUT2D eigenvalue weighted by atomic mass is 10.1. The van der Waals surface area contributed by atoms with E-state index in [9.17, 15) is 13.6 Å². The molecular formula is C22H26F2N2O5. The minimum atomic E-state index is -2.98. The molecule has 3 rings (SSSR count). The number of halogens is 2. The Balaban J connectivity index is 1.66. The van der Waals surface area contributed by atoms with Crippen LogP contribution in [0.3, 0.4) is 0 Å². The molecule has 9 heteroatoms. The van der Waals surface area contributed by atoms with E-state index in [1.54, 1.807) is 38.4 Å². The number of ether oxygens (including phenoxy) is 4. The highest BCUT2D eigenvalue weighted by atomic mass is 19.3. The Bertz CT molecular complexity index is 901. The van der Waals surface area contributed by atoms with Gasteiger partial charge in [0.05, 0.1) is 26.9 Å². The lowest BCUT2D eigenvalue weighted by Gasteiger charge is -2.35. The molecule has 0 bridgehead atoms. The van der Waals surface area contributed by atoms with Crippen molar-refractivity contribution in [3.05, 3.63) is 47.5 Å². The van der Waals surface area contributed by atoms with Crippen LogP contribution in [0.5, 0.6) is 23.0 Å². The van der Waals surface area contributed by atoms with Gasteiger partial charge in [-0.3, -0.25) is 9.69 Å². The third kappa shape index (κ3) is 5.16. The first-order valence-corrected chi connectivity index (χ1v) is 9.81. The first-order chi connectivity index (χ1) is 15.0. The molecule has 7 nitrogen and oxygen atoms in total. The molecule has 2 aromatic rings. The van der Waals surface area contributed by atoms with E-state index < -0.39 is 6.61 Å². The van der Waals surface area contributed by atoms with Gasteiger partial charge in [-0.2, -0.15) is 8.78 Å². The number of carbonyl (C=O) groups excluding carboxylic acids is 1. The van der Waals surface area contributed by atoms with Crippen LogP contribution in [0.2, 0.25) is 0 Å². The monoisotopic (exact) mass is 436 g/mol. The fraction of sp³-hybridized carbons (Fsp3) is 0.409. The minimum Gasteiger partial charge on any atom is -0.493 e. The van der Waals surface area contributed by atoms with E-state index >= 15 is 0 Å². The van der Waals surface area contributed by atoms with E-state index in [4.69, 9.17) is 14.2 Å². The third-order valence-electron chi connectivity index (χ3n) is 5.17. The van der Waals surface area contributed by atoms with Gasteiger partial charge in [-0.15, -0.1) is 0 Å². The Morgan fingerprint density at radius 2 is 1.58 bits per heavy atom. The van der Waals surface area contributed by atoms with E-state index in [-0.39, 0.29) is 17.2 Å². The summed E-state index contributed by atoms with van der Waals surface area (Å²) in [5.74, 6) is 1.30. The van der Waals surface area contributed by atoms with E-state index in [2.05, 4.69) is 9.64 Å². The largest absolute Gasteiger partial charge is 0.493 e. The molecule has 31 heavy (non-hydrogen) atoms. The van der Waals surface area contributed by atoms with Crippen LogP contribution in [-0.2, 0) is 6.54 Å². The van der Waals surface area contributed by atoms with Crippen molar-refractivity contribution in [2.24, 2.45) is 0 Å². The maximum absolute atomic E-state index is 12.9. The van der Waals surface area contributed by atoms with Gasteiger partial charge >= 0.3 is 6.61 Å². The first-order valence-electron chi connectivity index (χ1n) is 9.81. The van der Waals surface area contributed by atoms with Crippen LogP contribution in [0.1, 0.15) is 15.9 Å². The maximum Gasteiger partial charge on any atom is 0.387 e. The number of nitrogens with zero attached hydrogens (tertiary/aromatic N) is 2. The summed E-state index contributed by atoms with van der Waals surface area (Å²) in [6, 6.07) is 9.82. The van der Waals surface area contributed by atoms with Crippen molar-refractivity contribution in [2.45, 2.75) is 13.2 Å². The van der Waals surface area contributed by atoms with Gasteiger partial charge in [-0.05, 0) is 18.2 Å². The number of hydrogen-bond acceptors (Lipinski definition) is 6. The standard InChI is InChI=1S/C22H26F2N2O5/c1-28-18-9-8-15(19(29-2)20(18)30-3)14-25-10-12-26(13-11-25)21(27)16-6-4-5-7-17(16)31-22(23)24/h4-9,22H,10-14H2,1-3H3. The Morgan fingerprint density at radius 3 is 2.19 bits per heavy atom. The number of para-hydroxylation sites is 1. The molecule has 0 aliphatic carbocycles. The number of rotatable bonds is 8. The normalized spacial score (nSPS) is 14.5. The number of carbonyl (C=O) groups is 1. The average molecular weight is 436 g/mol. The van der Waals surface area contributed by atoms with Gasteiger partial charge in [-0.25, -0.2) is 0 Å². The molecule has 168 valence electrons. The van der Waals surface area contributed by atoms with Crippen molar-refractivity contribution < 1.29 is 32.5 Å². The van der Waals surface area contributed by atoms with Crippen molar-refractivity contribution in [1.82, 2.24) is 9.80 Å². The lowest BCUT2D eigenvalue weighted by Crippen LogP contribution is -2.48. The summed E-state index contributed by atoms with van der Waals surface area (Å²) in [6.07, 6.45) is 0. The van der Waals surface area contributed by atoms with Gasteiger partial charge in [0.1, 0.15) is 5.75 Å². The van der Waals surface area contributed by atoms with E-state index in [1.165, 1.54) is 12.1 Å². The van der Waals surface area contributed by atoms with E-state index in [1.807, 2.05) is 12.1 Å². The molecular weight excluding hydrogens is 410 g/mol. The molecule has 0 atom stereocenters. The van der Waals surface area contributed by atoms with Crippen molar-refractivity contribution in [1.29, 1.82) is 0 Å². The van der Waals surface area contributed by atoms with Crippen LogP contribution in [0.4, 0.5) is 8.78 Å². The van der Waals surface area contributed by atoms with Gasteiger partial charge in [0.15, 0.2) is 11.5 Å². The molecule has 1 heterocycles. The second-order valence-electron chi connectivity index (χ2n) is 6.94. The van der Waals surface area contributed by atoms with Gasteiger partial charge in [0.2, 0.25) is 5.75 Å². The van der Waals surface area contributed by atoms with Gasteiger partial charge < -0.3 is 23.8 Å². The predicted molar refractivity (Wildman–Crippen MR) is 110 cm³/mol. The van der Waals surface area contributed by atoms with E-state index in [0.717, 1.165) is 5.56 Å². The summed E-state index contributed by atoms with van der Waals surface area (Å²) >= 11 is 0. The van der Waals surface area contributed by atoms with Crippen molar-refractivity contribution in [3.63, 3.8) is 0 Å². The van der Waals surface area contributed by atoms with Crippen molar-refractivity contribution >= 4 is 5.91 Å². The molecule has 0 saturated carbocycles. The van der Waals surface area contributed by atoms with Gasteiger partial charge in [-0.1, -0.05) is 18.2 Å². The summed E-state index contributed by atoms with van der Waals surface area (Å²) in [5, 5.41) is 0. The zero-order chi connectivity index (χ0) is 22.4. The summed E-state index contributed by atoms with van der Waals surface area (Å²) in [6.45, 7) is -0.185. The fourth-order valence-electron chi connectivity index (χ4n) is 3.65. The summed E-state index contributed by atoms with van der Waals surface area (Å²) in [5.41, 5.74) is 1.08. The Morgan fingerprint density at radius 1 is 0.903 bits per heavy atom. The van der Waals surface area contributed by atoms with Gasteiger partial charge in [0.25, 0.3) is 5.91 Å². The SMILES string of the molecule is COc1ccc(CN2CCN(C(=O)c3ccccc3OC(F)F)CC2)c(OC)c1OC. The number of hydrogen-bond donors (Lipinski definition) is 0. The van der Waals surface area contributed by atoms with Crippen LogP contribution >= 0.6 is 0 Å². The highest BCUT2D eigenvalue weighted by Crippen LogP contribution is 2.40. The van der Waals surface area contributed by atoms with E-state index in [0.29, 0.717) is 50.0 Å². The zero-order valence-corrected chi connectivity index (χ0v) is 17.8. The van der Waals surface area contributed by atoms with Crippen LogP contribution in [0, 0.1) is 0 Å². The molecule has 0 N–H and O–H groups in total. The average Bonchev–Trinajstić information content (AvgIpc) is 2.78. The molecule has 1 saturated heterocycles. The van der Waals surface area contributed by atoms with Crippen LogP contribution < -0.4 is 18.9 Å². The summed E-state index contributed by atoms with van der Waals surface area (Å²) in [7, 11) is 4.71. The number of benzene rings is 2. The molecule has 2 aromatic carbocycles. The van der Waals surface area contributed by atoms with Crippen LogP contribution in [-0.4, -0.2) is 69.8 Å². The second-order valence-corrected chi connectivity index (χ2v) is 6.94. The molecule has 0 radical (unpaired) electrons. The lowest BCUT2D eigenvalue weighted by molar-refractivity contribution is -0.0503. The minimum absolute atomic E-state index is 0.111. The number of piperazine rings is 1. The third-order valence-corrected chi connectivity index (χ3v) is 5.17. The molecule has 0 aromatic heterocycles. The number of alkyl halides is 2. The fourth-order valence-corrected chi connectivity index (χ4v) is 3.65. The van der Waals surface area contributed by atoms with Gasteiger partial charge in [0, 0.05) is 38.3 Å². The Labute approximate surface area is 180 Å². The number of amides is 1. The van der Waals surface area contributed by atoms with Crippen molar-refractivity contribution in [2.75, 3.05) is 47.5 Å². The molecule has 1 aliphatic rings. The Kier molecular flexibility index (Phi) is 7.51. The highest BCUT2D eigenvalue weighted by Gasteiger charge is 2.26. The molecule has 0 unspecified atom stereocenters. The summed E-state index contributed by atoms with van der Waals surface area (Å²) in [4.78, 5) is 16.7. The molecule has 0 spiro atoms. The molecule has 1 amide bonds. The quantitative estimate of drug-likeness (QED) is 0.633.